The smallest absolute Gasteiger partial charge is 0.0234 e. The molecule has 0 nitrogen and oxygen atoms in total. The summed E-state index contributed by atoms with van der Waals surface area (Å²) in [6.07, 6.45) is 18.6. The molecule has 0 saturated carbocycles. The molecule has 2 unspecified atom stereocenters. The van der Waals surface area contributed by atoms with Gasteiger partial charge in [0.05, 0.1) is 0 Å². The van der Waals surface area contributed by atoms with Gasteiger partial charge in [-0.3, -0.25) is 0 Å². The summed E-state index contributed by atoms with van der Waals surface area (Å²) in [4.78, 5) is 0. The largest absolute Gasteiger partial charge is 0.0882 e. The van der Waals surface area contributed by atoms with Crippen molar-refractivity contribution in [1.82, 2.24) is 0 Å². The molecule has 0 spiro atoms. The Bertz CT molecular complexity index is 180. The van der Waals surface area contributed by atoms with Crippen LogP contribution in [0.3, 0.4) is 0 Å². The summed E-state index contributed by atoms with van der Waals surface area (Å²) >= 11 is 0. The van der Waals surface area contributed by atoms with Crippen LogP contribution in [0.2, 0.25) is 0 Å². The predicted molar refractivity (Wildman–Crippen MR) is 85.0 cm³/mol. The van der Waals surface area contributed by atoms with Gasteiger partial charge in [0, 0.05) is 0 Å². The van der Waals surface area contributed by atoms with E-state index in [0.717, 1.165) is 11.8 Å². The second-order valence-electron chi connectivity index (χ2n) is 5.94. The molecule has 0 saturated heterocycles. The molecule has 0 heteroatoms. The lowest BCUT2D eigenvalue weighted by Crippen LogP contribution is -1.96. The first-order valence-corrected chi connectivity index (χ1v) is 8.41. The first-order valence-electron chi connectivity index (χ1n) is 8.41. The van der Waals surface area contributed by atoms with Gasteiger partial charge in [0.1, 0.15) is 0 Å². The third-order valence-electron chi connectivity index (χ3n) is 3.87. The molecule has 18 heavy (non-hydrogen) atoms. The van der Waals surface area contributed by atoms with Crippen molar-refractivity contribution in [3.05, 3.63) is 12.2 Å². The van der Waals surface area contributed by atoms with Crippen LogP contribution in [0.5, 0.6) is 0 Å². The molecule has 0 rings (SSSR count). The second-order valence-corrected chi connectivity index (χ2v) is 5.94. The van der Waals surface area contributed by atoms with Crippen molar-refractivity contribution in [3.63, 3.8) is 0 Å². The molecular weight excluding hydrogens is 216 g/mol. The second kappa shape index (κ2) is 13.2. The molecule has 0 aromatic rings. The predicted octanol–water partition coefficient (Wildman–Crippen LogP) is 6.76. The fraction of sp³-hybridized carbons (Fsp3) is 0.889. The lowest BCUT2D eigenvalue weighted by molar-refractivity contribution is 0.472. The molecule has 0 aliphatic carbocycles. The SMILES string of the molecule is CCCCC(C)CC/C=C/C(CCC)CCCC. The van der Waals surface area contributed by atoms with Crippen molar-refractivity contribution in [1.29, 1.82) is 0 Å². The van der Waals surface area contributed by atoms with Crippen LogP contribution in [0, 0.1) is 11.8 Å². The number of hydrogen-bond acceptors (Lipinski definition) is 0. The molecule has 0 aromatic carbocycles. The van der Waals surface area contributed by atoms with E-state index in [1.54, 1.807) is 0 Å². The van der Waals surface area contributed by atoms with Crippen molar-refractivity contribution in [2.45, 2.75) is 91.9 Å². The van der Waals surface area contributed by atoms with E-state index in [2.05, 4.69) is 39.8 Å². The van der Waals surface area contributed by atoms with Crippen molar-refractivity contribution < 1.29 is 0 Å². The molecule has 0 radical (unpaired) electrons. The standard InChI is InChI=1S/C18H36/c1-5-8-13-17(4)14-10-11-16-18(12-7-3)15-9-6-2/h11,16-18H,5-10,12-15H2,1-4H3/b16-11+. The Morgan fingerprint density at radius 1 is 0.778 bits per heavy atom. The highest BCUT2D eigenvalue weighted by Crippen LogP contribution is 2.18. The zero-order valence-electron chi connectivity index (χ0n) is 13.4. The maximum absolute atomic E-state index is 2.51. The topological polar surface area (TPSA) is 0 Å². The van der Waals surface area contributed by atoms with Gasteiger partial charge in [-0.2, -0.15) is 0 Å². The number of unbranched alkanes of at least 4 members (excludes halogenated alkanes) is 2. The van der Waals surface area contributed by atoms with Crippen molar-refractivity contribution in [2.75, 3.05) is 0 Å². The van der Waals surface area contributed by atoms with Gasteiger partial charge in [0.2, 0.25) is 0 Å². The van der Waals surface area contributed by atoms with Crippen LogP contribution >= 0.6 is 0 Å². The lowest BCUT2D eigenvalue weighted by Gasteiger charge is -2.11. The zero-order valence-corrected chi connectivity index (χ0v) is 13.4. The summed E-state index contributed by atoms with van der Waals surface area (Å²) in [7, 11) is 0. The maximum Gasteiger partial charge on any atom is -0.0234 e. The zero-order chi connectivity index (χ0) is 13.6. The van der Waals surface area contributed by atoms with Gasteiger partial charge in [-0.15, -0.1) is 0 Å². The Morgan fingerprint density at radius 3 is 2.06 bits per heavy atom. The summed E-state index contributed by atoms with van der Waals surface area (Å²) in [6, 6.07) is 0. The normalized spacial score (nSPS) is 15.1. The van der Waals surface area contributed by atoms with Crippen LogP contribution < -0.4 is 0 Å². The van der Waals surface area contributed by atoms with E-state index in [-0.39, 0.29) is 0 Å². The van der Waals surface area contributed by atoms with Gasteiger partial charge in [-0.1, -0.05) is 78.4 Å². The summed E-state index contributed by atoms with van der Waals surface area (Å²) in [5.74, 6) is 1.76. The van der Waals surface area contributed by atoms with Crippen molar-refractivity contribution in [2.24, 2.45) is 11.8 Å². The molecule has 0 fully saturated rings. The van der Waals surface area contributed by atoms with Gasteiger partial charge < -0.3 is 0 Å². The Kier molecular flexibility index (Phi) is 13.0. The first kappa shape index (κ1) is 17.7. The minimum Gasteiger partial charge on any atom is -0.0882 e. The van der Waals surface area contributed by atoms with Crippen molar-refractivity contribution in [3.8, 4) is 0 Å². The van der Waals surface area contributed by atoms with Crippen molar-refractivity contribution >= 4 is 0 Å². The molecule has 0 heterocycles. The van der Waals surface area contributed by atoms with E-state index in [0.29, 0.717) is 0 Å². The summed E-state index contributed by atoms with van der Waals surface area (Å²) in [5.41, 5.74) is 0. The highest BCUT2D eigenvalue weighted by Gasteiger charge is 2.03. The van der Waals surface area contributed by atoms with E-state index in [9.17, 15) is 0 Å². The molecule has 2 atom stereocenters. The Morgan fingerprint density at radius 2 is 1.44 bits per heavy atom. The monoisotopic (exact) mass is 252 g/mol. The summed E-state index contributed by atoms with van der Waals surface area (Å²) < 4.78 is 0. The molecular formula is C18H36. The van der Waals surface area contributed by atoms with Gasteiger partial charge in [-0.05, 0) is 37.5 Å². The maximum atomic E-state index is 2.51. The van der Waals surface area contributed by atoms with Gasteiger partial charge in [0.15, 0.2) is 0 Å². The average Bonchev–Trinajstić information content (AvgIpc) is 2.38. The Labute approximate surface area is 116 Å². The van der Waals surface area contributed by atoms with E-state index in [4.69, 9.17) is 0 Å². The molecule has 108 valence electrons. The molecule has 0 amide bonds. The Hall–Kier alpha value is -0.260. The van der Waals surface area contributed by atoms with Crippen LogP contribution in [-0.4, -0.2) is 0 Å². The molecule has 0 N–H and O–H groups in total. The lowest BCUT2D eigenvalue weighted by atomic mass is 9.95. The van der Waals surface area contributed by atoms with Crippen LogP contribution in [0.15, 0.2) is 12.2 Å². The quantitative estimate of drug-likeness (QED) is 0.337. The first-order chi connectivity index (χ1) is 8.74. The average molecular weight is 252 g/mol. The van der Waals surface area contributed by atoms with Crippen LogP contribution in [0.25, 0.3) is 0 Å². The molecule has 0 bridgehead atoms. The number of hydrogen-bond donors (Lipinski definition) is 0. The minimum absolute atomic E-state index is 0.848. The molecule has 0 aromatic heterocycles. The minimum atomic E-state index is 0.848. The van der Waals surface area contributed by atoms with Gasteiger partial charge in [-0.25, -0.2) is 0 Å². The van der Waals surface area contributed by atoms with E-state index in [1.807, 2.05) is 0 Å². The third kappa shape index (κ3) is 10.9. The van der Waals surface area contributed by atoms with E-state index >= 15 is 0 Å². The summed E-state index contributed by atoms with van der Waals surface area (Å²) in [6.45, 7) is 9.29. The van der Waals surface area contributed by atoms with E-state index in [1.165, 1.54) is 64.2 Å². The van der Waals surface area contributed by atoms with Gasteiger partial charge in [0.25, 0.3) is 0 Å². The summed E-state index contributed by atoms with van der Waals surface area (Å²) in [5, 5.41) is 0. The van der Waals surface area contributed by atoms with Crippen LogP contribution in [0.1, 0.15) is 91.9 Å². The highest BCUT2D eigenvalue weighted by atomic mass is 14.1. The fourth-order valence-electron chi connectivity index (χ4n) is 2.54. The molecule has 0 aliphatic rings. The number of allylic oxidation sites excluding steroid dienone is 2. The fourth-order valence-corrected chi connectivity index (χ4v) is 2.54. The van der Waals surface area contributed by atoms with Crippen LogP contribution in [-0.2, 0) is 0 Å². The van der Waals surface area contributed by atoms with Gasteiger partial charge >= 0.3 is 0 Å². The Balaban J connectivity index is 3.73. The number of rotatable bonds is 12. The third-order valence-corrected chi connectivity index (χ3v) is 3.87. The van der Waals surface area contributed by atoms with E-state index < -0.39 is 0 Å². The van der Waals surface area contributed by atoms with Crippen LogP contribution in [0.4, 0.5) is 0 Å². The molecule has 0 aliphatic heterocycles. The highest BCUT2D eigenvalue weighted by molar-refractivity contribution is 4.88.